The number of amides is 2. The van der Waals surface area contributed by atoms with Crippen molar-refractivity contribution in [1.82, 2.24) is 10.2 Å². The lowest BCUT2D eigenvalue weighted by Crippen LogP contribution is -2.41. The van der Waals surface area contributed by atoms with Crippen molar-refractivity contribution in [2.75, 3.05) is 27.0 Å². The average molecular weight is 408 g/mol. The van der Waals surface area contributed by atoms with Crippen LogP contribution in [0.4, 0.5) is 0 Å². The maximum atomic E-state index is 13.2. The number of ether oxygens (including phenoxy) is 3. The second-order valence-corrected chi connectivity index (χ2v) is 7.18. The molecule has 0 unspecified atom stereocenters. The maximum Gasteiger partial charge on any atom is 0.270 e. The third-order valence-corrected chi connectivity index (χ3v) is 5.18. The van der Waals surface area contributed by atoms with E-state index in [1.54, 1.807) is 47.4 Å². The highest BCUT2D eigenvalue weighted by atomic mass is 16.7. The first-order valence-corrected chi connectivity index (χ1v) is 10.0. The summed E-state index contributed by atoms with van der Waals surface area (Å²) in [6.07, 6.45) is 4.71. The number of hydrogen-bond donors (Lipinski definition) is 1. The van der Waals surface area contributed by atoms with Crippen molar-refractivity contribution in [3.8, 4) is 17.2 Å². The molecule has 0 atom stereocenters. The molecule has 7 heteroatoms. The van der Waals surface area contributed by atoms with Crippen LogP contribution in [-0.2, 0) is 4.79 Å². The molecular weight excluding hydrogens is 384 g/mol. The highest BCUT2D eigenvalue weighted by Gasteiger charge is 2.24. The fourth-order valence-electron chi connectivity index (χ4n) is 3.61. The second-order valence-electron chi connectivity index (χ2n) is 7.18. The normalized spacial score (nSPS) is 15.6. The number of hydrogen-bond acceptors (Lipinski definition) is 5. The standard InChI is InChI=1S/C23H24N2O5/c1-28-19-8-4-3-7-17(19)22(26)24-18(23(27)25-11-5-2-6-12-25)13-16-9-10-20-21(14-16)30-15-29-20/h3-4,7-10,13-14H,2,5-6,11-12,15H2,1H3,(H,24,26). The first-order valence-electron chi connectivity index (χ1n) is 10.0. The van der Waals surface area contributed by atoms with Gasteiger partial charge in [0.2, 0.25) is 6.79 Å². The summed E-state index contributed by atoms with van der Waals surface area (Å²) in [4.78, 5) is 27.9. The zero-order valence-electron chi connectivity index (χ0n) is 16.8. The maximum absolute atomic E-state index is 13.2. The Kier molecular flexibility index (Phi) is 5.88. The monoisotopic (exact) mass is 408 g/mol. The summed E-state index contributed by atoms with van der Waals surface area (Å²) in [5.41, 5.74) is 1.31. The lowest BCUT2D eigenvalue weighted by atomic mass is 10.1. The highest BCUT2D eigenvalue weighted by molar-refractivity contribution is 6.06. The van der Waals surface area contributed by atoms with Gasteiger partial charge in [-0.2, -0.15) is 0 Å². The summed E-state index contributed by atoms with van der Waals surface area (Å²) in [5.74, 6) is 1.13. The number of piperidine rings is 1. The van der Waals surface area contributed by atoms with Crippen molar-refractivity contribution in [3.05, 3.63) is 59.3 Å². The van der Waals surface area contributed by atoms with Crippen LogP contribution in [0.3, 0.4) is 0 Å². The van der Waals surface area contributed by atoms with Crippen LogP contribution in [0.1, 0.15) is 35.2 Å². The summed E-state index contributed by atoms with van der Waals surface area (Å²) in [7, 11) is 1.51. The van der Waals surface area contributed by atoms with Gasteiger partial charge in [-0.25, -0.2) is 0 Å². The molecule has 30 heavy (non-hydrogen) atoms. The van der Waals surface area contributed by atoms with E-state index < -0.39 is 5.91 Å². The fraction of sp³-hybridized carbons (Fsp3) is 0.304. The first-order chi connectivity index (χ1) is 14.7. The first kappa shape index (κ1) is 19.8. The molecule has 2 amide bonds. The number of likely N-dealkylation sites (tertiary alicyclic amines) is 1. The minimum Gasteiger partial charge on any atom is -0.496 e. The van der Waals surface area contributed by atoms with E-state index in [4.69, 9.17) is 14.2 Å². The molecule has 1 saturated heterocycles. The van der Waals surface area contributed by atoms with Gasteiger partial charge in [-0.05, 0) is 55.2 Å². The van der Waals surface area contributed by atoms with Gasteiger partial charge in [0.15, 0.2) is 11.5 Å². The van der Waals surface area contributed by atoms with Gasteiger partial charge in [0.25, 0.3) is 11.8 Å². The molecule has 2 aromatic rings. The molecule has 2 aromatic carbocycles. The van der Waals surface area contributed by atoms with Crippen LogP contribution in [0.25, 0.3) is 6.08 Å². The summed E-state index contributed by atoms with van der Waals surface area (Å²) in [5, 5.41) is 2.80. The zero-order chi connectivity index (χ0) is 20.9. The molecule has 4 rings (SSSR count). The largest absolute Gasteiger partial charge is 0.496 e. The number of fused-ring (bicyclic) bond motifs is 1. The number of carbonyl (C=O) groups excluding carboxylic acids is 2. The molecule has 0 aromatic heterocycles. The van der Waals surface area contributed by atoms with Crippen molar-refractivity contribution in [1.29, 1.82) is 0 Å². The number of rotatable bonds is 5. The summed E-state index contributed by atoms with van der Waals surface area (Å²) in [6, 6.07) is 12.3. The molecule has 7 nitrogen and oxygen atoms in total. The Morgan fingerprint density at radius 1 is 1.03 bits per heavy atom. The van der Waals surface area contributed by atoms with Gasteiger partial charge in [-0.15, -0.1) is 0 Å². The number of carbonyl (C=O) groups is 2. The number of methoxy groups -OCH3 is 1. The molecule has 0 spiro atoms. The smallest absolute Gasteiger partial charge is 0.270 e. The predicted octanol–water partition coefficient (Wildman–Crippen LogP) is 3.21. The third kappa shape index (κ3) is 4.25. The van der Waals surface area contributed by atoms with Gasteiger partial charge in [0, 0.05) is 13.1 Å². The third-order valence-electron chi connectivity index (χ3n) is 5.18. The van der Waals surface area contributed by atoms with Gasteiger partial charge in [-0.1, -0.05) is 18.2 Å². The number of nitrogens with one attached hydrogen (secondary N) is 1. The van der Waals surface area contributed by atoms with E-state index in [-0.39, 0.29) is 18.4 Å². The minimum absolute atomic E-state index is 0.173. The molecule has 0 radical (unpaired) electrons. The van der Waals surface area contributed by atoms with E-state index in [0.29, 0.717) is 35.9 Å². The molecule has 0 aliphatic carbocycles. The Bertz CT molecular complexity index is 979. The van der Waals surface area contributed by atoms with Crippen molar-refractivity contribution in [2.24, 2.45) is 0 Å². The molecule has 0 saturated carbocycles. The average Bonchev–Trinajstić information content (AvgIpc) is 3.26. The van der Waals surface area contributed by atoms with E-state index in [2.05, 4.69) is 5.32 Å². The number of para-hydroxylation sites is 1. The van der Waals surface area contributed by atoms with E-state index in [1.807, 2.05) is 6.07 Å². The molecule has 2 aliphatic heterocycles. The van der Waals surface area contributed by atoms with Crippen LogP contribution in [0.5, 0.6) is 17.2 Å². The minimum atomic E-state index is -0.398. The van der Waals surface area contributed by atoms with Crippen molar-refractivity contribution in [2.45, 2.75) is 19.3 Å². The van der Waals surface area contributed by atoms with Crippen LogP contribution in [0.15, 0.2) is 48.2 Å². The van der Waals surface area contributed by atoms with Gasteiger partial charge in [0.1, 0.15) is 11.4 Å². The molecule has 0 bridgehead atoms. The van der Waals surface area contributed by atoms with Crippen molar-refractivity contribution < 1.29 is 23.8 Å². The molecule has 2 heterocycles. The molecule has 1 N–H and O–H groups in total. The van der Waals surface area contributed by atoms with Gasteiger partial charge < -0.3 is 24.4 Å². The molecule has 1 fully saturated rings. The van der Waals surface area contributed by atoms with Crippen LogP contribution in [0.2, 0.25) is 0 Å². The number of nitrogens with zero attached hydrogens (tertiary/aromatic N) is 1. The summed E-state index contributed by atoms with van der Waals surface area (Å²) in [6.45, 7) is 1.54. The molecule has 156 valence electrons. The summed E-state index contributed by atoms with van der Waals surface area (Å²) >= 11 is 0. The van der Waals surface area contributed by atoms with Gasteiger partial charge in [0.05, 0.1) is 12.7 Å². The van der Waals surface area contributed by atoms with E-state index in [1.165, 1.54) is 7.11 Å². The van der Waals surface area contributed by atoms with E-state index in [9.17, 15) is 9.59 Å². The van der Waals surface area contributed by atoms with Crippen LogP contribution >= 0.6 is 0 Å². The Morgan fingerprint density at radius 2 is 1.80 bits per heavy atom. The number of benzene rings is 2. The zero-order valence-corrected chi connectivity index (χ0v) is 16.8. The van der Waals surface area contributed by atoms with Crippen LogP contribution in [0, 0.1) is 0 Å². The Labute approximate surface area is 175 Å². The molecule has 2 aliphatic rings. The highest BCUT2D eigenvalue weighted by Crippen LogP contribution is 2.33. The Morgan fingerprint density at radius 3 is 2.60 bits per heavy atom. The molecular formula is C23H24N2O5. The second kappa shape index (κ2) is 8.90. The Hall–Kier alpha value is -3.48. The quantitative estimate of drug-likeness (QED) is 0.769. The SMILES string of the molecule is COc1ccccc1C(=O)NC(=Cc1ccc2c(c1)OCO2)C(=O)N1CCCCC1. The topological polar surface area (TPSA) is 77.1 Å². The lowest BCUT2D eigenvalue weighted by molar-refractivity contribution is -0.128. The van der Waals surface area contributed by atoms with Crippen LogP contribution < -0.4 is 19.5 Å². The van der Waals surface area contributed by atoms with Crippen molar-refractivity contribution >= 4 is 17.9 Å². The fourth-order valence-corrected chi connectivity index (χ4v) is 3.61. The lowest BCUT2D eigenvalue weighted by Gasteiger charge is -2.27. The van der Waals surface area contributed by atoms with E-state index >= 15 is 0 Å². The van der Waals surface area contributed by atoms with E-state index in [0.717, 1.165) is 24.8 Å². The predicted molar refractivity (Wildman–Crippen MR) is 111 cm³/mol. The summed E-state index contributed by atoms with van der Waals surface area (Å²) < 4.78 is 16.1. The Balaban J connectivity index is 1.64. The van der Waals surface area contributed by atoms with Gasteiger partial charge in [-0.3, -0.25) is 9.59 Å². The van der Waals surface area contributed by atoms with Crippen LogP contribution in [-0.4, -0.2) is 43.7 Å². The van der Waals surface area contributed by atoms with Gasteiger partial charge >= 0.3 is 0 Å². The van der Waals surface area contributed by atoms with Crippen molar-refractivity contribution in [3.63, 3.8) is 0 Å².